The molecule has 0 radical (unpaired) electrons. The molecule has 0 aliphatic carbocycles. The quantitative estimate of drug-likeness (QED) is 0.724. The van der Waals surface area contributed by atoms with Gasteiger partial charge < -0.3 is 10.2 Å². The minimum atomic E-state index is -0.259. The lowest BCUT2D eigenvalue weighted by Crippen LogP contribution is -2.28. The Morgan fingerprint density at radius 3 is 2.48 bits per heavy atom. The molecule has 0 saturated heterocycles. The summed E-state index contributed by atoms with van der Waals surface area (Å²) in [5.74, 6) is 0. The van der Waals surface area contributed by atoms with Crippen molar-refractivity contribution in [1.82, 2.24) is 10.3 Å². The van der Waals surface area contributed by atoms with Gasteiger partial charge in [-0.15, -0.1) is 11.3 Å². The standard InChI is InChI=1S/C19H20N4OS/c1-23(2)16-10-8-14(9-11-16)12-20-18(24)22-19-21-17(13-25-19)15-6-4-3-5-7-15/h3-11,13H,12H2,1-2H3,(H2,20,21,22,24). The summed E-state index contributed by atoms with van der Waals surface area (Å²) in [5.41, 5.74) is 4.07. The zero-order valence-electron chi connectivity index (χ0n) is 14.2. The Hall–Kier alpha value is -2.86. The average Bonchev–Trinajstić information content (AvgIpc) is 3.09. The normalized spacial score (nSPS) is 10.3. The van der Waals surface area contributed by atoms with E-state index >= 15 is 0 Å². The molecule has 0 atom stereocenters. The number of amides is 2. The van der Waals surface area contributed by atoms with Crippen LogP contribution in [0.5, 0.6) is 0 Å². The fourth-order valence-corrected chi connectivity index (χ4v) is 3.02. The number of rotatable bonds is 5. The topological polar surface area (TPSA) is 57.3 Å². The highest BCUT2D eigenvalue weighted by Crippen LogP contribution is 2.24. The van der Waals surface area contributed by atoms with Gasteiger partial charge in [0.1, 0.15) is 0 Å². The number of urea groups is 1. The van der Waals surface area contributed by atoms with E-state index in [1.54, 1.807) is 0 Å². The molecule has 1 aromatic heterocycles. The molecule has 0 unspecified atom stereocenters. The Balaban J connectivity index is 1.53. The smallest absolute Gasteiger partial charge is 0.321 e. The van der Waals surface area contributed by atoms with E-state index in [1.807, 2.05) is 79.0 Å². The van der Waals surface area contributed by atoms with Crippen molar-refractivity contribution in [3.63, 3.8) is 0 Å². The highest BCUT2D eigenvalue weighted by Gasteiger charge is 2.07. The van der Waals surface area contributed by atoms with E-state index in [4.69, 9.17) is 0 Å². The summed E-state index contributed by atoms with van der Waals surface area (Å²) in [5, 5.41) is 8.15. The molecule has 0 spiro atoms. The number of anilines is 2. The van der Waals surface area contributed by atoms with Crippen molar-refractivity contribution >= 4 is 28.2 Å². The fourth-order valence-electron chi connectivity index (χ4n) is 2.31. The maximum absolute atomic E-state index is 12.0. The van der Waals surface area contributed by atoms with Gasteiger partial charge in [-0.25, -0.2) is 9.78 Å². The molecule has 3 rings (SSSR count). The summed E-state index contributed by atoms with van der Waals surface area (Å²) in [7, 11) is 4.00. The Morgan fingerprint density at radius 1 is 1.08 bits per heavy atom. The molecule has 25 heavy (non-hydrogen) atoms. The molecule has 0 saturated carbocycles. The third-order valence-electron chi connectivity index (χ3n) is 3.70. The van der Waals surface area contributed by atoms with Crippen LogP contribution in [0.3, 0.4) is 0 Å². The molecule has 2 aromatic carbocycles. The predicted octanol–water partition coefficient (Wildman–Crippen LogP) is 4.20. The lowest BCUT2D eigenvalue weighted by Gasteiger charge is -2.12. The van der Waals surface area contributed by atoms with Crippen LogP contribution in [0.25, 0.3) is 11.3 Å². The Bertz CT molecular complexity index is 828. The maximum atomic E-state index is 12.0. The minimum Gasteiger partial charge on any atom is -0.378 e. The Morgan fingerprint density at radius 2 is 1.80 bits per heavy atom. The van der Waals surface area contributed by atoms with Crippen LogP contribution >= 0.6 is 11.3 Å². The van der Waals surface area contributed by atoms with E-state index in [1.165, 1.54) is 11.3 Å². The third-order valence-corrected chi connectivity index (χ3v) is 4.46. The number of benzene rings is 2. The summed E-state index contributed by atoms with van der Waals surface area (Å²) in [6, 6.07) is 17.7. The molecule has 5 nitrogen and oxygen atoms in total. The number of aromatic nitrogens is 1. The van der Waals surface area contributed by atoms with Gasteiger partial charge in [0.25, 0.3) is 0 Å². The van der Waals surface area contributed by atoms with Crippen LogP contribution < -0.4 is 15.5 Å². The van der Waals surface area contributed by atoms with Gasteiger partial charge in [0, 0.05) is 37.3 Å². The van der Waals surface area contributed by atoms with Crippen LogP contribution in [0, 0.1) is 0 Å². The van der Waals surface area contributed by atoms with Gasteiger partial charge in [-0.05, 0) is 17.7 Å². The van der Waals surface area contributed by atoms with Crippen molar-refractivity contribution in [3.8, 4) is 11.3 Å². The largest absolute Gasteiger partial charge is 0.378 e. The second-order valence-electron chi connectivity index (χ2n) is 5.77. The monoisotopic (exact) mass is 352 g/mol. The molecule has 0 aliphatic heterocycles. The van der Waals surface area contributed by atoms with Gasteiger partial charge >= 0.3 is 6.03 Å². The second kappa shape index (κ2) is 7.81. The van der Waals surface area contributed by atoms with Gasteiger partial charge in [-0.1, -0.05) is 42.5 Å². The third kappa shape index (κ3) is 4.58. The van der Waals surface area contributed by atoms with Crippen LogP contribution in [0.4, 0.5) is 15.6 Å². The van der Waals surface area contributed by atoms with Crippen molar-refractivity contribution in [2.45, 2.75) is 6.54 Å². The summed E-state index contributed by atoms with van der Waals surface area (Å²) >= 11 is 1.41. The van der Waals surface area contributed by atoms with E-state index in [2.05, 4.69) is 15.6 Å². The first-order valence-electron chi connectivity index (χ1n) is 7.94. The SMILES string of the molecule is CN(C)c1ccc(CNC(=O)Nc2nc(-c3ccccc3)cs2)cc1. The van der Waals surface area contributed by atoms with Gasteiger partial charge in [-0.3, -0.25) is 5.32 Å². The highest BCUT2D eigenvalue weighted by molar-refractivity contribution is 7.14. The number of nitrogens with one attached hydrogen (secondary N) is 2. The lowest BCUT2D eigenvalue weighted by atomic mass is 10.2. The lowest BCUT2D eigenvalue weighted by molar-refractivity contribution is 0.251. The summed E-state index contributed by atoms with van der Waals surface area (Å²) < 4.78 is 0. The van der Waals surface area contributed by atoms with Gasteiger partial charge in [0.05, 0.1) is 5.69 Å². The minimum absolute atomic E-state index is 0.259. The molecular formula is C19H20N4OS. The van der Waals surface area contributed by atoms with Crippen molar-refractivity contribution in [2.75, 3.05) is 24.3 Å². The first-order valence-corrected chi connectivity index (χ1v) is 8.82. The molecule has 3 aromatic rings. The van der Waals surface area contributed by atoms with Crippen LogP contribution in [-0.4, -0.2) is 25.1 Å². The van der Waals surface area contributed by atoms with E-state index in [9.17, 15) is 4.79 Å². The number of thiazole rings is 1. The van der Waals surface area contributed by atoms with Crippen LogP contribution in [-0.2, 0) is 6.54 Å². The van der Waals surface area contributed by atoms with Gasteiger partial charge in [0.2, 0.25) is 0 Å². The molecule has 0 bridgehead atoms. The molecule has 2 N–H and O–H groups in total. The molecule has 1 heterocycles. The van der Waals surface area contributed by atoms with Crippen molar-refractivity contribution < 1.29 is 4.79 Å². The molecule has 128 valence electrons. The van der Waals surface area contributed by atoms with Crippen molar-refractivity contribution in [2.24, 2.45) is 0 Å². The van der Waals surface area contributed by atoms with E-state index in [-0.39, 0.29) is 6.03 Å². The Labute approximate surface area is 151 Å². The number of carbonyl (C=O) groups is 1. The second-order valence-corrected chi connectivity index (χ2v) is 6.63. The molecule has 2 amide bonds. The molecule has 0 fully saturated rings. The number of hydrogen-bond donors (Lipinski definition) is 2. The first-order chi connectivity index (χ1) is 12.1. The highest BCUT2D eigenvalue weighted by atomic mass is 32.1. The zero-order chi connectivity index (χ0) is 17.6. The van der Waals surface area contributed by atoms with E-state index in [0.29, 0.717) is 11.7 Å². The predicted molar refractivity (Wildman–Crippen MR) is 104 cm³/mol. The summed E-state index contributed by atoms with van der Waals surface area (Å²) in [6.07, 6.45) is 0. The molecule has 0 aliphatic rings. The summed E-state index contributed by atoms with van der Waals surface area (Å²) in [6.45, 7) is 0.469. The van der Waals surface area contributed by atoms with Crippen LogP contribution in [0.1, 0.15) is 5.56 Å². The van der Waals surface area contributed by atoms with E-state index < -0.39 is 0 Å². The van der Waals surface area contributed by atoms with Crippen LogP contribution in [0.15, 0.2) is 60.0 Å². The van der Waals surface area contributed by atoms with Gasteiger partial charge in [0.15, 0.2) is 5.13 Å². The zero-order valence-corrected chi connectivity index (χ0v) is 15.0. The molecule has 6 heteroatoms. The molecular weight excluding hydrogens is 332 g/mol. The number of nitrogens with zero attached hydrogens (tertiary/aromatic N) is 2. The average molecular weight is 352 g/mol. The Kier molecular flexibility index (Phi) is 5.30. The van der Waals surface area contributed by atoms with E-state index in [0.717, 1.165) is 22.5 Å². The number of carbonyl (C=O) groups excluding carboxylic acids is 1. The van der Waals surface area contributed by atoms with Gasteiger partial charge in [-0.2, -0.15) is 0 Å². The van der Waals surface area contributed by atoms with Crippen molar-refractivity contribution in [1.29, 1.82) is 0 Å². The first kappa shape index (κ1) is 17.0. The van der Waals surface area contributed by atoms with Crippen molar-refractivity contribution in [3.05, 3.63) is 65.5 Å². The fraction of sp³-hybridized carbons (Fsp3) is 0.158. The summed E-state index contributed by atoms with van der Waals surface area (Å²) in [4.78, 5) is 18.5. The number of hydrogen-bond acceptors (Lipinski definition) is 4. The maximum Gasteiger partial charge on any atom is 0.321 e. The van der Waals surface area contributed by atoms with Crippen LogP contribution in [0.2, 0.25) is 0 Å².